The Morgan fingerprint density at radius 3 is 1.76 bits per heavy atom. The lowest BCUT2D eigenvalue weighted by molar-refractivity contribution is 0.0939. The lowest BCUT2D eigenvalue weighted by Gasteiger charge is -2.04. The lowest BCUT2D eigenvalue weighted by Crippen LogP contribution is -2.07. The fourth-order valence-corrected chi connectivity index (χ4v) is 1.83. The summed E-state index contributed by atoms with van der Waals surface area (Å²) < 4.78 is 22.3. The summed E-state index contributed by atoms with van der Waals surface area (Å²) in [6, 6.07) is 6.04. The van der Waals surface area contributed by atoms with Gasteiger partial charge < -0.3 is 0 Å². The van der Waals surface area contributed by atoms with Crippen LogP contribution in [0.15, 0.2) is 29.2 Å². The summed E-state index contributed by atoms with van der Waals surface area (Å²) in [5.41, 5.74) is 0.553. The fourth-order valence-electron chi connectivity index (χ4n) is 1.20. The van der Waals surface area contributed by atoms with Crippen molar-refractivity contribution < 1.29 is 13.2 Å². The third kappa shape index (κ3) is 4.69. The maximum Gasteiger partial charge on any atom is 0.175 e. The van der Waals surface area contributed by atoms with Crippen molar-refractivity contribution in [3.8, 4) is 0 Å². The van der Waals surface area contributed by atoms with E-state index in [1.807, 2.05) is 27.7 Å². The molecule has 96 valence electrons. The van der Waals surface area contributed by atoms with E-state index in [9.17, 15) is 13.2 Å². The molecule has 0 atom stereocenters. The van der Waals surface area contributed by atoms with Gasteiger partial charge in [0.25, 0.3) is 0 Å². The molecule has 17 heavy (non-hydrogen) atoms. The number of ketones is 1. The van der Waals surface area contributed by atoms with Crippen LogP contribution in [0.3, 0.4) is 0 Å². The Morgan fingerprint density at radius 2 is 1.47 bits per heavy atom. The number of sulfone groups is 1. The molecule has 1 aromatic carbocycles. The smallest absolute Gasteiger partial charge is 0.175 e. The van der Waals surface area contributed by atoms with Gasteiger partial charge in [0.15, 0.2) is 15.6 Å². The second kappa shape index (κ2) is 6.55. The predicted octanol–water partition coefficient (Wildman–Crippen LogP) is 2.96. The van der Waals surface area contributed by atoms with Crippen LogP contribution in [0.1, 0.15) is 38.1 Å². The summed E-state index contributed by atoms with van der Waals surface area (Å²) >= 11 is 0. The number of Topliss-reactive ketones (excluding diaryl/α,β-unsaturated/α-hetero) is 1. The summed E-state index contributed by atoms with van der Waals surface area (Å²) in [5, 5.41) is 0. The van der Waals surface area contributed by atoms with Gasteiger partial charge in [0.2, 0.25) is 0 Å². The molecule has 0 unspecified atom stereocenters. The van der Waals surface area contributed by atoms with E-state index in [0.29, 0.717) is 5.56 Å². The minimum absolute atomic E-state index is 0.0232. The van der Waals surface area contributed by atoms with Crippen LogP contribution in [0, 0.1) is 5.92 Å². The van der Waals surface area contributed by atoms with Gasteiger partial charge in [-0.2, -0.15) is 0 Å². The molecule has 0 saturated heterocycles. The van der Waals surface area contributed by atoms with Gasteiger partial charge in [-0.25, -0.2) is 8.42 Å². The van der Waals surface area contributed by atoms with Crippen molar-refractivity contribution in [3.05, 3.63) is 29.8 Å². The van der Waals surface area contributed by atoms with E-state index in [4.69, 9.17) is 0 Å². The summed E-state index contributed by atoms with van der Waals surface area (Å²) in [7, 11) is -3.18. The van der Waals surface area contributed by atoms with Crippen LogP contribution in [0.2, 0.25) is 0 Å². The first kappa shape index (κ1) is 15.8. The highest BCUT2D eigenvalue weighted by Crippen LogP contribution is 2.13. The van der Waals surface area contributed by atoms with Crippen molar-refractivity contribution in [2.24, 2.45) is 5.92 Å². The highest BCUT2D eigenvalue weighted by atomic mass is 32.2. The highest BCUT2D eigenvalue weighted by molar-refractivity contribution is 7.90. The van der Waals surface area contributed by atoms with E-state index in [2.05, 4.69) is 0 Å². The molecule has 0 heterocycles. The van der Waals surface area contributed by atoms with Crippen LogP contribution in [-0.4, -0.2) is 20.5 Å². The van der Waals surface area contributed by atoms with Crippen LogP contribution >= 0.6 is 0 Å². The zero-order valence-corrected chi connectivity index (χ0v) is 11.8. The molecule has 0 amide bonds. The summed E-state index contributed by atoms with van der Waals surface area (Å²) in [5.74, 6) is -0.0517. The minimum atomic E-state index is -3.18. The molecule has 0 aromatic heterocycles. The predicted molar refractivity (Wildman–Crippen MR) is 70.1 cm³/mol. The van der Waals surface area contributed by atoms with Crippen molar-refractivity contribution >= 4 is 15.6 Å². The molecule has 4 heteroatoms. The molecular weight excluding hydrogens is 236 g/mol. The van der Waals surface area contributed by atoms with Gasteiger partial charge in [-0.3, -0.25) is 4.79 Å². The second-order valence-corrected chi connectivity index (χ2v) is 5.83. The molecule has 0 aliphatic rings. The van der Waals surface area contributed by atoms with Gasteiger partial charge in [0.05, 0.1) is 4.90 Å². The van der Waals surface area contributed by atoms with Crippen molar-refractivity contribution in [2.75, 3.05) is 6.26 Å². The molecule has 0 spiro atoms. The molecule has 1 rings (SSSR count). The van der Waals surface area contributed by atoms with E-state index < -0.39 is 9.84 Å². The van der Waals surface area contributed by atoms with E-state index in [1.165, 1.54) is 12.1 Å². The Labute approximate surface area is 104 Å². The third-order valence-corrected chi connectivity index (χ3v) is 3.22. The van der Waals surface area contributed by atoms with E-state index >= 15 is 0 Å². The lowest BCUT2D eigenvalue weighted by atomic mass is 10.0. The monoisotopic (exact) mass is 256 g/mol. The Kier molecular flexibility index (Phi) is 6.10. The molecule has 0 saturated carbocycles. The number of carbonyl (C=O) groups is 1. The Balaban J connectivity index is 0.00000121. The Morgan fingerprint density at radius 1 is 1.06 bits per heavy atom. The largest absolute Gasteiger partial charge is 0.294 e. The summed E-state index contributed by atoms with van der Waals surface area (Å²) in [4.78, 5) is 11.8. The van der Waals surface area contributed by atoms with Gasteiger partial charge in [0.1, 0.15) is 0 Å². The minimum Gasteiger partial charge on any atom is -0.294 e. The Bertz CT molecular complexity index is 456. The van der Waals surface area contributed by atoms with Crippen molar-refractivity contribution in [1.82, 2.24) is 0 Å². The number of hydrogen-bond acceptors (Lipinski definition) is 3. The van der Waals surface area contributed by atoms with Gasteiger partial charge in [-0.05, 0) is 12.1 Å². The summed E-state index contributed by atoms with van der Waals surface area (Å²) in [6.45, 7) is 7.62. The molecule has 1 aromatic rings. The van der Waals surface area contributed by atoms with Crippen LogP contribution in [0.4, 0.5) is 0 Å². The first-order valence-corrected chi connectivity index (χ1v) is 7.56. The molecule has 3 nitrogen and oxygen atoms in total. The first-order chi connectivity index (χ1) is 7.82. The van der Waals surface area contributed by atoms with Gasteiger partial charge >= 0.3 is 0 Å². The SMILES string of the molecule is CC.CC(C)C(=O)c1ccc(S(C)(=O)=O)cc1. The number of hydrogen-bond donors (Lipinski definition) is 0. The topological polar surface area (TPSA) is 51.2 Å². The maximum atomic E-state index is 11.6. The standard InChI is InChI=1S/C11H14O3S.C2H6/c1-8(2)11(12)9-4-6-10(7-5-9)15(3,13)14;1-2/h4-8H,1-3H3;1-2H3. The quantitative estimate of drug-likeness (QED) is 0.781. The van der Waals surface area contributed by atoms with Crippen LogP contribution in [0.5, 0.6) is 0 Å². The van der Waals surface area contributed by atoms with Crippen molar-refractivity contribution in [3.63, 3.8) is 0 Å². The van der Waals surface area contributed by atoms with Crippen LogP contribution in [-0.2, 0) is 9.84 Å². The third-order valence-electron chi connectivity index (χ3n) is 2.09. The number of benzene rings is 1. The van der Waals surface area contributed by atoms with Crippen molar-refractivity contribution in [1.29, 1.82) is 0 Å². The average molecular weight is 256 g/mol. The maximum absolute atomic E-state index is 11.6. The second-order valence-electron chi connectivity index (χ2n) is 3.82. The van der Waals surface area contributed by atoms with Gasteiger partial charge in [-0.1, -0.05) is 39.8 Å². The van der Waals surface area contributed by atoms with E-state index in [0.717, 1.165) is 6.26 Å². The van der Waals surface area contributed by atoms with Gasteiger partial charge in [-0.15, -0.1) is 0 Å². The Hall–Kier alpha value is -1.16. The van der Waals surface area contributed by atoms with E-state index in [1.54, 1.807) is 12.1 Å². The fraction of sp³-hybridized carbons (Fsp3) is 0.462. The molecule has 0 bridgehead atoms. The first-order valence-electron chi connectivity index (χ1n) is 5.66. The van der Waals surface area contributed by atoms with Gasteiger partial charge in [0, 0.05) is 17.7 Å². The number of carbonyl (C=O) groups excluding carboxylic acids is 1. The molecule has 0 aliphatic carbocycles. The summed E-state index contributed by atoms with van der Waals surface area (Å²) in [6.07, 6.45) is 1.15. The van der Waals surface area contributed by atoms with E-state index in [-0.39, 0.29) is 16.6 Å². The number of rotatable bonds is 3. The van der Waals surface area contributed by atoms with Crippen LogP contribution < -0.4 is 0 Å². The molecular formula is C13H20O3S. The van der Waals surface area contributed by atoms with Crippen LogP contribution in [0.25, 0.3) is 0 Å². The zero-order chi connectivity index (χ0) is 13.6. The highest BCUT2D eigenvalue weighted by Gasteiger charge is 2.12. The van der Waals surface area contributed by atoms with Crippen molar-refractivity contribution in [2.45, 2.75) is 32.6 Å². The average Bonchev–Trinajstić information content (AvgIpc) is 2.29. The molecule has 0 radical (unpaired) electrons. The normalized spacial score (nSPS) is 10.7. The molecule has 0 N–H and O–H groups in total. The molecule has 0 aliphatic heterocycles. The zero-order valence-electron chi connectivity index (χ0n) is 11.0. The molecule has 0 fully saturated rings.